The summed E-state index contributed by atoms with van der Waals surface area (Å²) in [7, 11) is 4.86. The molecule has 12 rings (SSSR count). The molecular formula is C62H53O7P. The van der Waals surface area contributed by atoms with E-state index in [1.54, 1.807) is 28.4 Å². The van der Waals surface area contributed by atoms with Crippen molar-refractivity contribution in [1.82, 2.24) is 0 Å². The molecule has 1 heterocycles. The van der Waals surface area contributed by atoms with Crippen LogP contribution in [0.5, 0.6) is 23.0 Å². The number of methoxy groups -OCH3 is 4. The van der Waals surface area contributed by atoms with E-state index in [2.05, 4.69) is 159 Å². The predicted octanol–water partition coefficient (Wildman–Crippen LogP) is 17.7. The average Bonchev–Trinajstić information content (AvgIpc) is 3.57. The van der Waals surface area contributed by atoms with Crippen LogP contribution in [0.25, 0.3) is 108 Å². The summed E-state index contributed by atoms with van der Waals surface area (Å²) in [4.78, 5) is 0. The van der Waals surface area contributed by atoms with Gasteiger partial charge in [0.15, 0.2) is 11.2 Å². The SMILES string of the molecule is COc1cc2c3cc(OC)c4cc(OC)c5ccc6ccc7ccccc7c6c5c4c3op(OCCCCCC[C@H](C)c3ccccc3)oc2c2c1cc(OC)c1ccc3ccc4ccccc4c3c12. The Bertz CT molecular complexity index is 3830. The molecule has 0 unspecified atom stereocenters. The Morgan fingerprint density at radius 1 is 0.386 bits per heavy atom. The fraction of sp³-hybridized carbons (Fsp3) is 0.194. The monoisotopic (exact) mass is 940 g/mol. The number of fused-ring (bicyclic) bond motifs is 19. The minimum Gasteiger partial charge on any atom is -0.496 e. The van der Waals surface area contributed by atoms with Crippen molar-refractivity contribution in [1.29, 1.82) is 0 Å². The van der Waals surface area contributed by atoms with Gasteiger partial charge < -0.3 is 27.3 Å². The van der Waals surface area contributed by atoms with E-state index < -0.39 is 8.24 Å². The molecule has 0 N–H and O–H groups in total. The Balaban J connectivity index is 1.18. The van der Waals surface area contributed by atoms with Crippen LogP contribution in [-0.4, -0.2) is 35.0 Å². The van der Waals surface area contributed by atoms with Gasteiger partial charge in [0.2, 0.25) is 0 Å². The fourth-order valence-electron chi connectivity index (χ4n) is 11.1. The van der Waals surface area contributed by atoms with Crippen LogP contribution in [0.4, 0.5) is 0 Å². The molecule has 1 atom stereocenters. The first kappa shape index (κ1) is 43.8. The standard InChI is InChI=1S/C62H53O7P/c1-37(38-18-10-8-11-19-38)17-9-6-7-16-32-67-70-68-61-47(33-53(65-4)49-35-51(63-2)45-30-28-41-26-24-39-20-12-14-22-43(39)55(41)57(45)59(49)61)48-34-54(66-5)50-36-52(64-3)46-31-29-42-27-25-40-21-13-15-23-44(40)56(42)58(46)60(50)62(48)69-70/h8,10-15,18-31,33-37H,6-7,9,16-17,32H2,1-5H3/t37-/m0/s1. The Hall–Kier alpha value is -7.44. The van der Waals surface area contributed by atoms with Gasteiger partial charge in [-0.25, -0.2) is 0 Å². The van der Waals surface area contributed by atoms with E-state index in [0.29, 0.717) is 35.2 Å². The van der Waals surface area contributed by atoms with Crippen molar-refractivity contribution in [2.45, 2.75) is 44.9 Å². The Morgan fingerprint density at radius 3 is 1.33 bits per heavy atom. The van der Waals surface area contributed by atoms with Crippen LogP contribution in [0.3, 0.4) is 0 Å². The first-order chi connectivity index (χ1) is 34.5. The Morgan fingerprint density at radius 2 is 0.814 bits per heavy atom. The van der Waals surface area contributed by atoms with Crippen LogP contribution in [0.1, 0.15) is 50.5 Å². The molecule has 0 aliphatic rings. The second-order valence-electron chi connectivity index (χ2n) is 18.4. The molecule has 70 heavy (non-hydrogen) atoms. The lowest BCUT2D eigenvalue weighted by Gasteiger charge is -2.17. The molecule has 348 valence electrons. The van der Waals surface area contributed by atoms with Crippen LogP contribution in [0, 0.1) is 0 Å². The van der Waals surface area contributed by atoms with E-state index >= 15 is 0 Å². The lowest BCUT2D eigenvalue weighted by atomic mass is 9.90. The van der Waals surface area contributed by atoms with Gasteiger partial charge in [-0.05, 0) is 104 Å². The molecule has 0 saturated heterocycles. The quantitative estimate of drug-likeness (QED) is 0.0842. The summed E-state index contributed by atoms with van der Waals surface area (Å²) < 4.78 is 46.9. The van der Waals surface area contributed by atoms with Crippen molar-refractivity contribution in [3.63, 3.8) is 0 Å². The van der Waals surface area contributed by atoms with Gasteiger partial charge in [-0.3, -0.25) is 4.52 Å². The van der Waals surface area contributed by atoms with Crippen LogP contribution < -0.4 is 23.5 Å². The number of rotatable bonds is 13. The normalized spacial score (nSPS) is 12.4. The smallest absolute Gasteiger partial charge is 0.387 e. The summed E-state index contributed by atoms with van der Waals surface area (Å²) in [5, 5.41) is 18.0. The van der Waals surface area contributed by atoms with E-state index in [4.69, 9.17) is 31.9 Å². The highest BCUT2D eigenvalue weighted by Gasteiger charge is 2.25. The van der Waals surface area contributed by atoms with E-state index in [-0.39, 0.29) is 0 Å². The van der Waals surface area contributed by atoms with E-state index in [9.17, 15) is 0 Å². The second-order valence-corrected chi connectivity index (χ2v) is 19.5. The molecule has 0 aliphatic carbocycles. The third-order valence-electron chi connectivity index (χ3n) is 14.6. The van der Waals surface area contributed by atoms with Crippen LogP contribution >= 0.6 is 8.24 Å². The molecule has 0 saturated carbocycles. The molecular weight excluding hydrogens is 888 g/mol. The predicted molar refractivity (Wildman–Crippen MR) is 292 cm³/mol. The first-order valence-electron chi connectivity index (χ1n) is 24.2. The molecule has 0 aliphatic heterocycles. The van der Waals surface area contributed by atoms with Crippen molar-refractivity contribution in [3.05, 3.63) is 157 Å². The topological polar surface area (TPSA) is 72.4 Å². The van der Waals surface area contributed by atoms with Gasteiger partial charge in [0, 0.05) is 53.9 Å². The summed E-state index contributed by atoms with van der Waals surface area (Å²) in [6, 6.07) is 53.7. The highest BCUT2D eigenvalue weighted by Crippen LogP contribution is 2.52. The van der Waals surface area contributed by atoms with Gasteiger partial charge in [0.05, 0.1) is 35.0 Å². The van der Waals surface area contributed by atoms with Gasteiger partial charge in [0.1, 0.15) is 23.0 Å². The maximum Gasteiger partial charge on any atom is 0.387 e. The molecule has 0 amide bonds. The summed E-state index contributed by atoms with van der Waals surface area (Å²) >= 11 is 0. The van der Waals surface area contributed by atoms with Crippen molar-refractivity contribution >= 4 is 116 Å². The summed E-state index contributed by atoms with van der Waals surface area (Å²) in [6.45, 7) is 2.79. The number of hydrogen-bond donors (Lipinski definition) is 0. The van der Waals surface area contributed by atoms with Crippen molar-refractivity contribution in [3.8, 4) is 23.0 Å². The maximum absolute atomic E-state index is 7.40. The zero-order chi connectivity index (χ0) is 47.5. The second kappa shape index (κ2) is 18.1. The highest BCUT2D eigenvalue weighted by molar-refractivity contribution is 7.31. The van der Waals surface area contributed by atoms with Gasteiger partial charge in [-0.2, -0.15) is 0 Å². The molecule has 0 spiro atoms. The Kier molecular flexibility index (Phi) is 11.4. The summed E-state index contributed by atoms with van der Waals surface area (Å²) in [5.41, 5.74) is 2.70. The molecule has 1 aromatic heterocycles. The zero-order valence-corrected chi connectivity index (χ0v) is 41.0. The van der Waals surface area contributed by atoms with Crippen LogP contribution in [0.2, 0.25) is 0 Å². The lowest BCUT2D eigenvalue weighted by Crippen LogP contribution is -1.96. The van der Waals surface area contributed by atoms with Gasteiger partial charge in [-0.15, -0.1) is 0 Å². The van der Waals surface area contributed by atoms with Crippen molar-refractivity contribution in [2.75, 3.05) is 35.0 Å². The molecule has 0 bridgehead atoms. The molecule has 8 heteroatoms. The van der Waals surface area contributed by atoms with E-state index in [1.165, 1.54) is 5.56 Å². The number of benzene rings is 11. The van der Waals surface area contributed by atoms with Gasteiger partial charge in [-0.1, -0.05) is 141 Å². The van der Waals surface area contributed by atoms with E-state index in [0.717, 1.165) is 141 Å². The average molecular weight is 941 g/mol. The van der Waals surface area contributed by atoms with Crippen molar-refractivity contribution < 1.29 is 31.9 Å². The minimum atomic E-state index is -2.04. The fourth-order valence-corrected chi connectivity index (χ4v) is 12.2. The number of hydrogen-bond acceptors (Lipinski definition) is 7. The molecule has 7 nitrogen and oxygen atoms in total. The Labute approximate surface area is 406 Å². The molecule has 0 fully saturated rings. The molecule has 12 aromatic rings. The number of ether oxygens (including phenoxy) is 4. The van der Waals surface area contributed by atoms with Gasteiger partial charge in [0.25, 0.3) is 0 Å². The molecule has 11 aromatic carbocycles. The lowest BCUT2D eigenvalue weighted by molar-refractivity contribution is 0.356. The highest BCUT2D eigenvalue weighted by atomic mass is 31.1. The van der Waals surface area contributed by atoms with Crippen molar-refractivity contribution in [2.24, 2.45) is 0 Å². The third kappa shape index (κ3) is 7.21. The summed E-state index contributed by atoms with van der Waals surface area (Å²) in [5.74, 6) is 3.34. The number of unbranched alkanes of at least 4 members (excludes halogenated alkanes) is 3. The largest absolute Gasteiger partial charge is 0.496 e. The minimum absolute atomic E-state index is 0.469. The van der Waals surface area contributed by atoms with E-state index in [1.807, 2.05) is 0 Å². The van der Waals surface area contributed by atoms with Gasteiger partial charge >= 0.3 is 8.24 Å². The third-order valence-corrected chi connectivity index (χ3v) is 15.6. The van der Waals surface area contributed by atoms with Crippen LogP contribution in [0.15, 0.2) is 160 Å². The first-order valence-corrected chi connectivity index (χ1v) is 25.3. The zero-order valence-electron chi connectivity index (χ0n) is 40.1. The molecule has 0 radical (unpaired) electrons. The van der Waals surface area contributed by atoms with Crippen LogP contribution in [-0.2, 0) is 0 Å². The summed E-state index contributed by atoms with van der Waals surface area (Å²) in [6.07, 6.45) is 5.31. The maximum atomic E-state index is 7.40.